The number of aromatic nitrogens is 1. The molecule has 7 heteroatoms. The Hall–Kier alpha value is -3.19. The topological polar surface area (TPSA) is 80.3 Å². The lowest BCUT2D eigenvalue weighted by atomic mass is 10.1. The van der Waals surface area contributed by atoms with Gasteiger partial charge in [-0.2, -0.15) is 0 Å². The third-order valence-corrected chi connectivity index (χ3v) is 4.31. The van der Waals surface area contributed by atoms with Crippen LogP contribution in [-0.4, -0.2) is 23.6 Å². The van der Waals surface area contributed by atoms with Gasteiger partial charge in [0, 0.05) is 34.1 Å². The number of carbonyl (C=O) groups is 2. The third-order valence-electron chi connectivity index (χ3n) is 3.49. The minimum atomic E-state index is -0.523. The standard InChI is InChI=1S/C19H17N3O3S/c1-2-25-19(24)22-16-7-3-13(4-8-16)17(23)21-15-9-5-14(6-10-15)18-20-11-12-26-18/h3-12H,2H2,1H3,(H,21,23)(H,22,24). The number of nitrogens with zero attached hydrogens (tertiary/aromatic N) is 1. The van der Waals surface area contributed by atoms with E-state index in [9.17, 15) is 9.59 Å². The Morgan fingerprint density at radius 2 is 1.65 bits per heavy atom. The van der Waals surface area contributed by atoms with Crippen LogP contribution in [0.15, 0.2) is 60.1 Å². The molecule has 0 fully saturated rings. The summed E-state index contributed by atoms with van der Waals surface area (Å²) in [5.41, 5.74) is 2.76. The zero-order valence-electron chi connectivity index (χ0n) is 14.1. The first-order chi connectivity index (χ1) is 12.7. The van der Waals surface area contributed by atoms with E-state index in [1.54, 1.807) is 48.7 Å². The molecule has 3 aromatic rings. The Morgan fingerprint density at radius 3 is 2.27 bits per heavy atom. The first kappa shape index (κ1) is 17.6. The first-order valence-corrected chi connectivity index (χ1v) is 8.89. The van der Waals surface area contributed by atoms with Crippen LogP contribution >= 0.6 is 11.3 Å². The summed E-state index contributed by atoms with van der Waals surface area (Å²) in [6, 6.07) is 14.1. The molecule has 0 unspecified atom stereocenters. The van der Waals surface area contributed by atoms with Crippen LogP contribution in [-0.2, 0) is 4.74 Å². The van der Waals surface area contributed by atoms with Crippen molar-refractivity contribution in [2.45, 2.75) is 6.92 Å². The van der Waals surface area contributed by atoms with Crippen molar-refractivity contribution in [2.24, 2.45) is 0 Å². The van der Waals surface area contributed by atoms with Gasteiger partial charge in [0.2, 0.25) is 0 Å². The molecule has 0 bridgehead atoms. The molecule has 0 spiro atoms. The SMILES string of the molecule is CCOC(=O)Nc1ccc(C(=O)Nc2ccc(-c3nccs3)cc2)cc1. The normalized spacial score (nSPS) is 10.2. The average molecular weight is 367 g/mol. The van der Waals surface area contributed by atoms with Gasteiger partial charge in [-0.25, -0.2) is 9.78 Å². The second-order valence-corrected chi connectivity index (χ2v) is 6.19. The smallest absolute Gasteiger partial charge is 0.411 e. The number of nitrogens with one attached hydrogen (secondary N) is 2. The van der Waals surface area contributed by atoms with Gasteiger partial charge < -0.3 is 10.1 Å². The zero-order chi connectivity index (χ0) is 18.4. The molecule has 2 amide bonds. The van der Waals surface area contributed by atoms with Gasteiger partial charge in [-0.05, 0) is 55.5 Å². The van der Waals surface area contributed by atoms with Gasteiger partial charge in [0.15, 0.2) is 0 Å². The molecule has 1 heterocycles. The molecule has 0 aliphatic carbocycles. The van der Waals surface area contributed by atoms with E-state index < -0.39 is 6.09 Å². The number of amides is 2. The van der Waals surface area contributed by atoms with Gasteiger partial charge in [0.1, 0.15) is 5.01 Å². The second-order valence-electron chi connectivity index (χ2n) is 5.29. The number of hydrogen-bond donors (Lipinski definition) is 2. The van der Waals surface area contributed by atoms with Crippen molar-refractivity contribution in [1.82, 2.24) is 4.98 Å². The monoisotopic (exact) mass is 367 g/mol. The minimum Gasteiger partial charge on any atom is -0.450 e. The van der Waals surface area contributed by atoms with Crippen LogP contribution in [0.4, 0.5) is 16.2 Å². The molecule has 132 valence electrons. The van der Waals surface area contributed by atoms with Crippen molar-refractivity contribution in [3.63, 3.8) is 0 Å². The van der Waals surface area contributed by atoms with Gasteiger partial charge in [-0.15, -0.1) is 11.3 Å². The molecule has 0 radical (unpaired) electrons. The number of ether oxygens (including phenoxy) is 1. The van der Waals surface area contributed by atoms with Crippen molar-refractivity contribution in [3.05, 3.63) is 65.7 Å². The van der Waals surface area contributed by atoms with E-state index in [4.69, 9.17) is 4.74 Å². The fraction of sp³-hybridized carbons (Fsp3) is 0.105. The zero-order valence-corrected chi connectivity index (χ0v) is 14.9. The summed E-state index contributed by atoms with van der Waals surface area (Å²) >= 11 is 1.56. The van der Waals surface area contributed by atoms with Crippen molar-refractivity contribution < 1.29 is 14.3 Å². The van der Waals surface area contributed by atoms with Gasteiger partial charge in [0.25, 0.3) is 5.91 Å². The van der Waals surface area contributed by atoms with E-state index in [0.717, 1.165) is 10.6 Å². The maximum Gasteiger partial charge on any atom is 0.411 e. The first-order valence-electron chi connectivity index (χ1n) is 8.01. The predicted octanol–water partition coefficient (Wildman–Crippen LogP) is 4.63. The predicted molar refractivity (Wildman–Crippen MR) is 103 cm³/mol. The fourth-order valence-corrected chi connectivity index (χ4v) is 2.90. The number of carbonyl (C=O) groups excluding carboxylic acids is 2. The Balaban J connectivity index is 1.61. The lowest BCUT2D eigenvalue weighted by Crippen LogP contribution is -2.14. The van der Waals surface area contributed by atoms with E-state index in [-0.39, 0.29) is 5.91 Å². The van der Waals surface area contributed by atoms with Crippen LogP contribution in [0.2, 0.25) is 0 Å². The highest BCUT2D eigenvalue weighted by atomic mass is 32.1. The molecule has 2 N–H and O–H groups in total. The van der Waals surface area contributed by atoms with Gasteiger partial charge in [0.05, 0.1) is 6.61 Å². The van der Waals surface area contributed by atoms with Crippen LogP contribution < -0.4 is 10.6 Å². The fourth-order valence-electron chi connectivity index (χ4n) is 2.26. The number of thiazole rings is 1. The lowest BCUT2D eigenvalue weighted by molar-refractivity contribution is 0.102. The Morgan fingerprint density at radius 1 is 1.00 bits per heavy atom. The van der Waals surface area contributed by atoms with E-state index in [1.165, 1.54) is 0 Å². The van der Waals surface area contributed by atoms with Crippen molar-refractivity contribution in [2.75, 3.05) is 17.2 Å². The molecule has 0 aliphatic heterocycles. The molecule has 3 rings (SSSR count). The second kappa shape index (κ2) is 8.26. The van der Waals surface area contributed by atoms with Crippen LogP contribution in [0.1, 0.15) is 17.3 Å². The van der Waals surface area contributed by atoms with E-state index >= 15 is 0 Å². The molecular formula is C19H17N3O3S. The summed E-state index contributed by atoms with van der Waals surface area (Å²) in [5, 5.41) is 8.28. The molecule has 0 saturated carbocycles. The molecule has 0 aliphatic rings. The van der Waals surface area contributed by atoms with Crippen LogP contribution in [0.3, 0.4) is 0 Å². The minimum absolute atomic E-state index is 0.227. The molecule has 26 heavy (non-hydrogen) atoms. The van der Waals surface area contributed by atoms with Crippen molar-refractivity contribution >= 4 is 34.7 Å². The summed E-state index contributed by atoms with van der Waals surface area (Å²) in [5.74, 6) is -0.227. The molecule has 1 aromatic heterocycles. The number of rotatable bonds is 5. The Labute approximate surface area is 154 Å². The highest BCUT2D eigenvalue weighted by molar-refractivity contribution is 7.13. The van der Waals surface area contributed by atoms with E-state index in [2.05, 4.69) is 15.6 Å². The van der Waals surface area contributed by atoms with Crippen LogP contribution in [0.25, 0.3) is 10.6 Å². The summed E-state index contributed by atoms with van der Waals surface area (Å²) in [6.45, 7) is 2.03. The van der Waals surface area contributed by atoms with Gasteiger partial charge in [-0.1, -0.05) is 0 Å². The van der Waals surface area contributed by atoms with Crippen molar-refractivity contribution in [1.29, 1.82) is 0 Å². The maximum atomic E-state index is 12.3. The average Bonchev–Trinajstić information content (AvgIpc) is 3.18. The Kier molecular flexibility index (Phi) is 5.60. The quantitative estimate of drug-likeness (QED) is 0.689. The molecule has 6 nitrogen and oxygen atoms in total. The van der Waals surface area contributed by atoms with Gasteiger partial charge >= 0.3 is 6.09 Å². The summed E-state index contributed by atoms with van der Waals surface area (Å²) < 4.78 is 4.81. The number of benzene rings is 2. The molecule has 0 saturated heterocycles. The highest BCUT2D eigenvalue weighted by Crippen LogP contribution is 2.23. The lowest BCUT2D eigenvalue weighted by Gasteiger charge is -2.08. The molecule has 0 atom stereocenters. The Bertz CT molecular complexity index is 875. The van der Waals surface area contributed by atoms with E-state index in [0.29, 0.717) is 23.5 Å². The summed E-state index contributed by atoms with van der Waals surface area (Å²) in [4.78, 5) is 28.0. The van der Waals surface area contributed by atoms with Gasteiger partial charge in [-0.3, -0.25) is 10.1 Å². The number of anilines is 2. The largest absolute Gasteiger partial charge is 0.450 e. The van der Waals surface area contributed by atoms with Crippen molar-refractivity contribution in [3.8, 4) is 10.6 Å². The van der Waals surface area contributed by atoms with E-state index in [1.807, 2.05) is 29.6 Å². The third kappa shape index (κ3) is 4.46. The maximum absolute atomic E-state index is 12.3. The summed E-state index contributed by atoms with van der Waals surface area (Å²) in [7, 11) is 0. The van der Waals surface area contributed by atoms with Crippen LogP contribution in [0.5, 0.6) is 0 Å². The number of hydrogen-bond acceptors (Lipinski definition) is 5. The van der Waals surface area contributed by atoms with Crippen LogP contribution in [0, 0.1) is 0 Å². The summed E-state index contributed by atoms with van der Waals surface area (Å²) in [6.07, 6.45) is 1.24. The molecular weight excluding hydrogens is 350 g/mol. The highest BCUT2D eigenvalue weighted by Gasteiger charge is 2.08. The molecule has 2 aromatic carbocycles.